The summed E-state index contributed by atoms with van der Waals surface area (Å²) < 4.78 is 4.98. The maximum absolute atomic E-state index is 10.2. The lowest BCUT2D eigenvalue weighted by molar-refractivity contribution is 0.185. The summed E-state index contributed by atoms with van der Waals surface area (Å²) in [7, 11) is 1.76. The Morgan fingerprint density at radius 3 is 1.57 bits per heavy atom. The van der Waals surface area contributed by atoms with E-state index in [0.29, 0.717) is 0 Å². The van der Waals surface area contributed by atoms with Gasteiger partial charge in [-0.3, -0.25) is 0 Å². The fourth-order valence-corrected chi connectivity index (χ4v) is 1.59. The molecule has 0 unspecified atom stereocenters. The first-order valence-electron chi connectivity index (χ1n) is 5.99. The third kappa shape index (κ3) is 11.9. The highest BCUT2D eigenvalue weighted by atomic mass is 16.5. The van der Waals surface area contributed by atoms with Crippen molar-refractivity contribution in [3.8, 4) is 0 Å². The third-order valence-electron chi connectivity index (χ3n) is 2.49. The quantitative estimate of drug-likeness (QED) is 0.470. The lowest BCUT2D eigenvalue weighted by atomic mass is 10.1. The second-order valence-corrected chi connectivity index (χ2v) is 3.88. The molecule has 0 N–H and O–H groups in total. The van der Waals surface area contributed by atoms with Gasteiger partial charge in [-0.05, 0) is 12.8 Å². The minimum atomic E-state index is 0.108. The van der Waals surface area contributed by atoms with Gasteiger partial charge < -0.3 is 4.74 Å². The highest BCUT2D eigenvalue weighted by Crippen LogP contribution is 2.09. The fourth-order valence-electron chi connectivity index (χ4n) is 1.59. The molecule has 0 aromatic carbocycles. The second kappa shape index (κ2) is 12.9. The SMILES string of the molecule is COCCCCCCCCCCC[O]. The molecule has 0 saturated carbocycles. The first-order valence-corrected chi connectivity index (χ1v) is 5.99. The summed E-state index contributed by atoms with van der Waals surface area (Å²) in [6, 6.07) is 0. The minimum absolute atomic E-state index is 0.108. The maximum Gasteiger partial charge on any atom is 0.0822 e. The molecule has 0 aliphatic rings. The topological polar surface area (TPSA) is 29.1 Å². The molecule has 2 heteroatoms. The molecule has 0 fully saturated rings. The van der Waals surface area contributed by atoms with Crippen molar-refractivity contribution in [3.63, 3.8) is 0 Å². The second-order valence-electron chi connectivity index (χ2n) is 3.88. The molecule has 1 radical (unpaired) electrons. The van der Waals surface area contributed by atoms with Crippen molar-refractivity contribution in [1.82, 2.24) is 0 Å². The van der Waals surface area contributed by atoms with Gasteiger partial charge in [0.1, 0.15) is 0 Å². The van der Waals surface area contributed by atoms with Gasteiger partial charge in [-0.25, -0.2) is 5.11 Å². The van der Waals surface area contributed by atoms with Crippen LogP contribution in [0, 0.1) is 0 Å². The van der Waals surface area contributed by atoms with Crippen LogP contribution in [0.4, 0.5) is 0 Å². The largest absolute Gasteiger partial charge is 0.385 e. The average molecular weight is 201 g/mol. The molecular weight excluding hydrogens is 176 g/mol. The van der Waals surface area contributed by atoms with Gasteiger partial charge in [-0.2, -0.15) is 0 Å². The monoisotopic (exact) mass is 201 g/mol. The summed E-state index contributed by atoms with van der Waals surface area (Å²) in [5, 5.41) is 10.2. The van der Waals surface area contributed by atoms with Gasteiger partial charge in [0, 0.05) is 13.7 Å². The molecule has 0 atom stereocenters. The number of unbranched alkanes of at least 4 members (excludes halogenated alkanes) is 8. The highest BCUT2D eigenvalue weighted by molar-refractivity contribution is 4.46. The van der Waals surface area contributed by atoms with E-state index in [4.69, 9.17) is 4.74 Å². The molecule has 0 aliphatic heterocycles. The zero-order valence-corrected chi connectivity index (χ0v) is 9.59. The zero-order chi connectivity index (χ0) is 10.5. The predicted octanol–water partition coefficient (Wildman–Crippen LogP) is 3.57. The van der Waals surface area contributed by atoms with E-state index in [0.717, 1.165) is 19.4 Å². The molecule has 0 spiro atoms. The molecular formula is C12H25O2. The highest BCUT2D eigenvalue weighted by Gasteiger charge is 1.92. The van der Waals surface area contributed by atoms with Crippen molar-refractivity contribution in [2.24, 2.45) is 0 Å². The predicted molar refractivity (Wildman–Crippen MR) is 59.0 cm³/mol. The van der Waals surface area contributed by atoms with Crippen molar-refractivity contribution >= 4 is 0 Å². The smallest absolute Gasteiger partial charge is 0.0822 e. The Morgan fingerprint density at radius 2 is 1.14 bits per heavy atom. The average Bonchev–Trinajstić information content (AvgIpc) is 2.21. The number of hydrogen-bond donors (Lipinski definition) is 0. The van der Waals surface area contributed by atoms with Crippen LogP contribution in [-0.2, 0) is 9.84 Å². The zero-order valence-electron chi connectivity index (χ0n) is 9.59. The van der Waals surface area contributed by atoms with Gasteiger partial charge in [0.25, 0.3) is 0 Å². The number of hydrogen-bond acceptors (Lipinski definition) is 1. The van der Waals surface area contributed by atoms with Crippen LogP contribution in [0.15, 0.2) is 0 Å². The van der Waals surface area contributed by atoms with E-state index in [-0.39, 0.29) is 6.61 Å². The van der Waals surface area contributed by atoms with Crippen LogP contribution in [0.3, 0.4) is 0 Å². The Hall–Kier alpha value is -0.0800. The van der Waals surface area contributed by atoms with E-state index in [1.165, 1.54) is 44.9 Å². The Kier molecular flexibility index (Phi) is 12.8. The van der Waals surface area contributed by atoms with Crippen LogP contribution in [-0.4, -0.2) is 20.3 Å². The Labute approximate surface area is 88.7 Å². The molecule has 0 heterocycles. The summed E-state index contributed by atoms with van der Waals surface area (Å²) in [6.45, 7) is 1.01. The lowest BCUT2D eigenvalue weighted by Gasteiger charge is -2.01. The molecule has 0 saturated heterocycles. The van der Waals surface area contributed by atoms with Gasteiger partial charge in [0.2, 0.25) is 0 Å². The van der Waals surface area contributed by atoms with Crippen molar-refractivity contribution in [3.05, 3.63) is 0 Å². The lowest BCUT2D eigenvalue weighted by Crippen LogP contribution is -1.88. The Bertz CT molecular complexity index is 82.3. The van der Waals surface area contributed by atoms with Crippen LogP contribution in [0.25, 0.3) is 0 Å². The summed E-state index contributed by atoms with van der Waals surface area (Å²) in [5.74, 6) is 0. The van der Waals surface area contributed by atoms with E-state index < -0.39 is 0 Å². The molecule has 14 heavy (non-hydrogen) atoms. The van der Waals surface area contributed by atoms with Crippen LogP contribution in [0.2, 0.25) is 0 Å². The van der Waals surface area contributed by atoms with Gasteiger partial charge >= 0.3 is 0 Å². The molecule has 0 aliphatic carbocycles. The maximum atomic E-state index is 10.2. The first kappa shape index (κ1) is 13.9. The summed E-state index contributed by atoms with van der Waals surface area (Å²) in [5.41, 5.74) is 0. The fraction of sp³-hybridized carbons (Fsp3) is 1.00. The van der Waals surface area contributed by atoms with E-state index in [2.05, 4.69) is 0 Å². The standard InChI is InChI=1S/C12H25O2/c1-14-12-10-8-6-4-2-3-5-7-9-11-13/h2-12H2,1H3. The van der Waals surface area contributed by atoms with Gasteiger partial charge in [-0.15, -0.1) is 0 Å². The number of rotatable bonds is 11. The molecule has 0 aromatic heterocycles. The molecule has 85 valence electrons. The summed E-state index contributed by atoms with van der Waals surface area (Å²) >= 11 is 0. The van der Waals surface area contributed by atoms with Crippen LogP contribution in [0.1, 0.15) is 57.8 Å². The van der Waals surface area contributed by atoms with Gasteiger partial charge in [-0.1, -0.05) is 44.9 Å². The first-order chi connectivity index (χ1) is 6.91. The van der Waals surface area contributed by atoms with E-state index in [1.807, 2.05) is 0 Å². The third-order valence-corrected chi connectivity index (χ3v) is 2.49. The number of methoxy groups -OCH3 is 1. The molecule has 2 nitrogen and oxygen atoms in total. The minimum Gasteiger partial charge on any atom is -0.385 e. The van der Waals surface area contributed by atoms with Gasteiger partial charge in [0.15, 0.2) is 0 Å². The van der Waals surface area contributed by atoms with Crippen molar-refractivity contribution in [2.75, 3.05) is 20.3 Å². The Morgan fingerprint density at radius 1 is 0.714 bits per heavy atom. The van der Waals surface area contributed by atoms with E-state index >= 15 is 0 Å². The van der Waals surface area contributed by atoms with E-state index in [1.54, 1.807) is 7.11 Å². The summed E-state index contributed by atoms with van der Waals surface area (Å²) in [6.07, 6.45) is 11.1. The molecule has 0 aromatic rings. The van der Waals surface area contributed by atoms with Crippen LogP contribution < -0.4 is 0 Å². The van der Waals surface area contributed by atoms with Gasteiger partial charge in [0.05, 0.1) is 6.61 Å². The van der Waals surface area contributed by atoms with Crippen LogP contribution >= 0.6 is 0 Å². The van der Waals surface area contributed by atoms with Crippen molar-refractivity contribution in [1.29, 1.82) is 0 Å². The van der Waals surface area contributed by atoms with Crippen LogP contribution in [0.5, 0.6) is 0 Å². The summed E-state index contributed by atoms with van der Waals surface area (Å²) in [4.78, 5) is 0. The molecule has 0 bridgehead atoms. The van der Waals surface area contributed by atoms with Crippen molar-refractivity contribution in [2.45, 2.75) is 57.8 Å². The number of ether oxygens (including phenoxy) is 1. The van der Waals surface area contributed by atoms with E-state index in [9.17, 15) is 5.11 Å². The molecule has 0 rings (SSSR count). The van der Waals surface area contributed by atoms with Crippen molar-refractivity contribution < 1.29 is 9.84 Å². The Balaban J connectivity index is 2.78. The normalized spacial score (nSPS) is 10.7. The molecule has 0 amide bonds.